The average Bonchev–Trinajstić information content (AvgIpc) is 3.28. The van der Waals surface area contributed by atoms with E-state index in [9.17, 15) is 4.79 Å². The first-order valence-corrected chi connectivity index (χ1v) is 11.1. The maximum Gasteiger partial charge on any atom is 0.254 e. The molecule has 0 aliphatic rings. The van der Waals surface area contributed by atoms with Gasteiger partial charge in [-0.3, -0.25) is 4.79 Å². The van der Waals surface area contributed by atoms with E-state index in [-0.39, 0.29) is 12.3 Å². The van der Waals surface area contributed by atoms with E-state index in [1.54, 1.807) is 26.4 Å². The van der Waals surface area contributed by atoms with Gasteiger partial charge in [0.25, 0.3) is 5.91 Å². The first-order chi connectivity index (χ1) is 16.5. The van der Waals surface area contributed by atoms with Crippen LogP contribution >= 0.6 is 11.6 Å². The van der Waals surface area contributed by atoms with E-state index in [1.807, 2.05) is 61.5 Å². The fourth-order valence-electron chi connectivity index (χ4n) is 3.45. The number of benzene rings is 3. The van der Waals surface area contributed by atoms with E-state index < -0.39 is 0 Å². The summed E-state index contributed by atoms with van der Waals surface area (Å²) in [6.45, 7) is 2.48. The number of halogens is 1. The number of anilines is 1. The summed E-state index contributed by atoms with van der Waals surface area (Å²) in [7, 11) is 3.14. The second kappa shape index (κ2) is 10.4. The molecule has 0 amide bonds. The molecule has 174 valence electrons. The van der Waals surface area contributed by atoms with Gasteiger partial charge in [0.2, 0.25) is 5.95 Å². The third kappa shape index (κ3) is 5.38. The summed E-state index contributed by atoms with van der Waals surface area (Å²) in [4.78, 5) is 17.9. The molecule has 0 unspecified atom stereocenters. The number of ether oxygens (including phenoxy) is 2. The van der Waals surface area contributed by atoms with Crippen LogP contribution in [0.3, 0.4) is 0 Å². The van der Waals surface area contributed by atoms with Crippen molar-refractivity contribution in [2.75, 3.05) is 19.5 Å². The summed E-state index contributed by atoms with van der Waals surface area (Å²) in [5.41, 5.74) is 3.74. The van der Waals surface area contributed by atoms with Gasteiger partial charge in [-0.05, 0) is 42.3 Å². The third-order valence-electron chi connectivity index (χ3n) is 5.32. The predicted molar refractivity (Wildman–Crippen MR) is 133 cm³/mol. The minimum atomic E-state index is -0.225. The number of hydrogen-bond donors (Lipinski definition) is 1. The second-order valence-corrected chi connectivity index (χ2v) is 8.21. The van der Waals surface area contributed by atoms with Gasteiger partial charge in [0.05, 0.1) is 20.6 Å². The fraction of sp³-hybridized carbons (Fsp3) is 0.192. The summed E-state index contributed by atoms with van der Waals surface area (Å²) < 4.78 is 12.0. The normalized spacial score (nSPS) is 10.7. The molecule has 0 radical (unpaired) electrons. The first kappa shape index (κ1) is 23.3. The minimum absolute atomic E-state index is 0.118. The van der Waals surface area contributed by atoms with Crippen molar-refractivity contribution in [1.29, 1.82) is 0 Å². The lowest BCUT2D eigenvalue weighted by molar-refractivity contribution is 0.0901. The molecular weight excluding hydrogens is 452 g/mol. The Morgan fingerprint density at radius 3 is 2.29 bits per heavy atom. The van der Waals surface area contributed by atoms with E-state index in [4.69, 9.17) is 21.1 Å². The maximum atomic E-state index is 13.3. The molecule has 0 fully saturated rings. The molecule has 8 heteroatoms. The number of nitrogens with zero attached hydrogens (tertiary/aromatic N) is 3. The zero-order chi connectivity index (χ0) is 24.1. The molecule has 1 N–H and O–H groups in total. The number of methoxy groups -OCH3 is 2. The highest BCUT2D eigenvalue weighted by Gasteiger charge is 2.18. The number of hydrogen-bond acceptors (Lipinski definition) is 6. The van der Waals surface area contributed by atoms with Crippen LogP contribution in [0.5, 0.6) is 11.5 Å². The quantitative estimate of drug-likeness (QED) is 0.366. The summed E-state index contributed by atoms with van der Waals surface area (Å²) in [6.07, 6.45) is 0.118. The van der Waals surface area contributed by atoms with Gasteiger partial charge in [0.15, 0.2) is 17.3 Å². The largest absolute Gasteiger partial charge is 0.493 e. The molecule has 0 aliphatic heterocycles. The summed E-state index contributed by atoms with van der Waals surface area (Å²) in [5, 5.41) is 8.43. The maximum absolute atomic E-state index is 13.3. The highest BCUT2D eigenvalue weighted by molar-refractivity contribution is 6.30. The Labute approximate surface area is 203 Å². The lowest BCUT2D eigenvalue weighted by Gasteiger charge is -2.10. The van der Waals surface area contributed by atoms with Crippen LogP contribution in [0, 0.1) is 6.92 Å². The number of aryl methyl sites for hydroxylation is 1. The number of carbonyl (C=O) groups is 1. The molecule has 0 saturated heterocycles. The molecule has 1 heterocycles. The third-order valence-corrected chi connectivity index (χ3v) is 5.57. The SMILES string of the molecule is COc1ccc(CC(=O)n2nc(-c3ccc(C)cc3)nc2NCc2ccc(Cl)cc2)cc1OC. The Hall–Kier alpha value is -3.84. The van der Waals surface area contributed by atoms with Crippen LogP contribution in [0.25, 0.3) is 11.4 Å². The Morgan fingerprint density at radius 1 is 0.941 bits per heavy atom. The molecule has 3 aromatic carbocycles. The molecular formula is C26H25ClN4O3. The first-order valence-electron chi connectivity index (χ1n) is 10.7. The molecule has 1 aromatic heterocycles. The summed E-state index contributed by atoms with van der Waals surface area (Å²) in [6, 6.07) is 20.7. The average molecular weight is 477 g/mol. The molecule has 34 heavy (non-hydrogen) atoms. The van der Waals surface area contributed by atoms with Crippen LogP contribution in [-0.2, 0) is 13.0 Å². The van der Waals surface area contributed by atoms with E-state index >= 15 is 0 Å². The number of aromatic nitrogens is 3. The number of nitrogens with one attached hydrogen (secondary N) is 1. The topological polar surface area (TPSA) is 78.3 Å². The lowest BCUT2D eigenvalue weighted by Crippen LogP contribution is -2.18. The van der Waals surface area contributed by atoms with E-state index in [0.29, 0.717) is 34.8 Å². The summed E-state index contributed by atoms with van der Waals surface area (Å²) in [5.74, 6) is 1.78. The molecule has 0 bridgehead atoms. The standard InChI is InChI=1S/C26H25ClN4O3/c1-17-4-9-20(10-5-17)25-29-26(28-16-18-6-11-21(27)12-7-18)31(30-25)24(32)15-19-8-13-22(33-2)23(14-19)34-3/h4-14H,15-16H2,1-3H3,(H,28,29,30). The Kier molecular flexibility index (Phi) is 7.13. The molecule has 7 nitrogen and oxygen atoms in total. The fourth-order valence-corrected chi connectivity index (χ4v) is 3.57. The highest BCUT2D eigenvalue weighted by atomic mass is 35.5. The Balaban J connectivity index is 1.62. The second-order valence-electron chi connectivity index (χ2n) is 7.78. The van der Waals surface area contributed by atoms with Crippen molar-refractivity contribution in [3.05, 3.63) is 88.4 Å². The van der Waals surface area contributed by atoms with Gasteiger partial charge in [0.1, 0.15) is 0 Å². The van der Waals surface area contributed by atoms with Crippen LogP contribution in [0.1, 0.15) is 21.5 Å². The lowest BCUT2D eigenvalue weighted by atomic mass is 10.1. The zero-order valence-electron chi connectivity index (χ0n) is 19.2. The van der Waals surface area contributed by atoms with Gasteiger partial charge >= 0.3 is 0 Å². The summed E-state index contributed by atoms with van der Waals surface area (Å²) >= 11 is 5.99. The van der Waals surface area contributed by atoms with E-state index in [1.165, 1.54) is 4.68 Å². The highest BCUT2D eigenvalue weighted by Crippen LogP contribution is 2.28. The van der Waals surface area contributed by atoms with Crippen molar-refractivity contribution < 1.29 is 14.3 Å². The van der Waals surface area contributed by atoms with Gasteiger partial charge in [-0.2, -0.15) is 9.67 Å². The van der Waals surface area contributed by atoms with Crippen molar-refractivity contribution in [3.63, 3.8) is 0 Å². The Morgan fingerprint density at radius 2 is 1.62 bits per heavy atom. The van der Waals surface area contributed by atoms with Crippen molar-refractivity contribution in [3.8, 4) is 22.9 Å². The van der Waals surface area contributed by atoms with Crippen LogP contribution in [0.4, 0.5) is 5.95 Å². The van der Waals surface area contributed by atoms with Crippen molar-refractivity contribution in [1.82, 2.24) is 14.8 Å². The van der Waals surface area contributed by atoms with Gasteiger partial charge in [-0.15, -0.1) is 5.10 Å². The van der Waals surface area contributed by atoms with E-state index in [2.05, 4.69) is 15.4 Å². The minimum Gasteiger partial charge on any atom is -0.493 e. The predicted octanol–water partition coefficient (Wildman–Crippen LogP) is 5.42. The molecule has 0 aliphatic carbocycles. The molecule has 4 rings (SSSR count). The van der Waals surface area contributed by atoms with Gasteiger partial charge in [-0.1, -0.05) is 59.6 Å². The monoisotopic (exact) mass is 476 g/mol. The van der Waals surface area contributed by atoms with Crippen LogP contribution in [-0.4, -0.2) is 34.9 Å². The van der Waals surface area contributed by atoms with Crippen molar-refractivity contribution >= 4 is 23.5 Å². The molecule has 0 spiro atoms. The molecule has 0 saturated carbocycles. The molecule has 0 atom stereocenters. The Bertz CT molecular complexity index is 1280. The van der Waals surface area contributed by atoms with E-state index in [0.717, 1.165) is 22.3 Å². The van der Waals surface area contributed by atoms with Crippen LogP contribution in [0.15, 0.2) is 66.7 Å². The van der Waals surface area contributed by atoms with Crippen LogP contribution < -0.4 is 14.8 Å². The van der Waals surface area contributed by atoms with Crippen molar-refractivity contribution in [2.45, 2.75) is 19.9 Å². The number of rotatable bonds is 8. The molecule has 4 aromatic rings. The smallest absolute Gasteiger partial charge is 0.254 e. The van der Waals surface area contributed by atoms with Gasteiger partial charge in [0, 0.05) is 17.1 Å². The van der Waals surface area contributed by atoms with Gasteiger partial charge < -0.3 is 14.8 Å². The number of carbonyl (C=O) groups excluding carboxylic acids is 1. The van der Waals surface area contributed by atoms with Crippen LogP contribution in [0.2, 0.25) is 5.02 Å². The van der Waals surface area contributed by atoms with Gasteiger partial charge in [-0.25, -0.2) is 0 Å². The zero-order valence-corrected chi connectivity index (χ0v) is 20.0. The van der Waals surface area contributed by atoms with Crippen molar-refractivity contribution in [2.24, 2.45) is 0 Å².